The summed E-state index contributed by atoms with van der Waals surface area (Å²) in [5, 5.41) is 3.98. The van der Waals surface area contributed by atoms with Gasteiger partial charge in [0.05, 0.1) is 40.0 Å². The molecule has 0 aliphatic heterocycles. The first-order chi connectivity index (χ1) is 39.3. The quantitative estimate of drug-likeness (QED) is 0.152. The second-order valence-corrected chi connectivity index (χ2v) is 19.1. The number of nitrogens with zero attached hydrogens (tertiary/aromatic N) is 5. The van der Waals surface area contributed by atoms with Crippen LogP contribution in [0.25, 0.3) is 111 Å². The van der Waals surface area contributed by atoms with Crippen molar-refractivity contribution in [3.05, 3.63) is 295 Å². The van der Waals surface area contributed by atoms with Crippen molar-refractivity contribution in [3.8, 4) is 67.8 Å². The highest BCUT2D eigenvalue weighted by Crippen LogP contribution is 2.56. The number of hydrogen-bond donors (Lipinski definition) is 0. The van der Waals surface area contributed by atoms with Gasteiger partial charge in [-0.05, 0) is 74.3 Å². The van der Waals surface area contributed by atoms with Crippen LogP contribution in [0.1, 0.15) is 29.1 Å². The van der Waals surface area contributed by atoms with Crippen LogP contribution >= 0.6 is 0 Å². The molecule has 0 N–H and O–H groups in total. The van der Waals surface area contributed by atoms with Gasteiger partial charge in [0.15, 0.2) is 11.6 Å². The average Bonchev–Trinajstić information content (AvgIpc) is 3.83. The highest BCUT2D eigenvalue weighted by atomic mass is 15.2. The maximum absolute atomic E-state index is 9.25. The number of fused-ring (bicyclic) bond motifs is 10. The third kappa shape index (κ3) is 6.48. The predicted octanol–water partition coefficient (Wildman–Crippen LogP) is 17.1. The van der Waals surface area contributed by atoms with Crippen LogP contribution in [0, 0.1) is 0 Å². The molecule has 0 atom stereocenters. The van der Waals surface area contributed by atoms with Crippen molar-refractivity contribution >= 4 is 43.6 Å². The summed E-state index contributed by atoms with van der Waals surface area (Å²) in [6.45, 7) is 0. The molecule has 0 radical (unpaired) electrons. The van der Waals surface area contributed by atoms with Gasteiger partial charge >= 0.3 is 0 Å². The molecule has 0 bridgehead atoms. The number of aromatic nitrogens is 5. The van der Waals surface area contributed by atoms with E-state index >= 15 is 0 Å². The van der Waals surface area contributed by atoms with Crippen LogP contribution in [-0.2, 0) is 5.41 Å². The Bertz CT molecular complexity index is 4770. The van der Waals surface area contributed by atoms with Crippen LogP contribution in [0.2, 0.25) is 0 Å². The van der Waals surface area contributed by atoms with Crippen molar-refractivity contribution in [1.82, 2.24) is 24.1 Å². The molecule has 14 aromatic rings. The Morgan fingerprint density at radius 3 is 1.51 bits per heavy atom. The second kappa shape index (κ2) is 17.1. The Morgan fingerprint density at radius 1 is 0.347 bits per heavy atom. The molecular weight excluding hydrogens is 911 g/mol. The van der Waals surface area contributed by atoms with Gasteiger partial charge in [-0.15, -0.1) is 0 Å². The van der Waals surface area contributed by atoms with Crippen molar-refractivity contribution in [1.29, 1.82) is 0 Å². The third-order valence-electron chi connectivity index (χ3n) is 15.2. The van der Waals surface area contributed by atoms with Gasteiger partial charge in [-0.3, -0.25) is 4.57 Å². The molecule has 5 heteroatoms. The van der Waals surface area contributed by atoms with Gasteiger partial charge in [0.2, 0.25) is 5.95 Å². The summed E-state index contributed by atoms with van der Waals surface area (Å²) in [4.78, 5) is 16.4. The first kappa shape index (κ1) is 37.8. The molecule has 3 heterocycles. The van der Waals surface area contributed by atoms with E-state index in [-0.39, 0.29) is 17.6 Å². The molecular formula is C70H45N5. The first-order valence-corrected chi connectivity index (χ1v) is 25.2. The van der Waals surface area contributed by atoms with Gasteiger partial charge in [-0.1, -0.05) is 249 Å². The monoisotopic (exact) mass is 960 g/mol. The van der Waals surface area contributed by atoms with Gasteiger partial charge in [-0.2, -0.15) is 9.97 Å². The zero-order valence-electron chi connectivity index (χ0n) is 45.3. The Balaban J connectivity index is 1.04. The lowest BCUT2D eigenvalue weighted by Gasteiger charge is -2.34. The van der Waals surface area contributed by atoms with Crippen molar-refractivity contribution < 1.29 is 6.85 Å². The largest absolute Gasteiger partial charge is 0.307 e. The minimum absolute atomic E-state index is 0.128. The topological polar surface area (TPSA) is 48.5 Å². The van der Waals surface area contributed by atoms with Crippen LogP contribution in [-0.4, -0.2) is 24.1 Å². The molecule has 0 unspecified atom stereocenters. The van der Waals surface area contributed by atoms with E-state index in [0.717, 1.165) is 77.1 Å². The van der Waals surface area contributed by atoms with Crippen molar-refractivity contribution in [2.24, 2.45) is 0 Å². The van der Waals surface area contributed by atoms with Crippen molar-refractivity contribution in [2.75, 3.05) is 0 Å². The summed E-state index contributed by atoms with van der Waals surface area (Å²) in [6, 6.07) is 82.1. The smallest absolute Gasteiger partial charge is 0.238 e. The molecule has 11 aromatic carbocycles. The number of hydrogen-bond acceptors (Lipinski definition) is 3. The molecule has 1 aliphatic rings. The van der Waals surface area contributed by atoms with Crippen molar-refractivity contribution in [2.45, 2.75) is 5.41 Å². The van der Waals surface area contributed by atoms with Crippen LogP contribution in [0.3, 0.4) is 0 Å². The Kier molecular flexibility index (Phi) is 8.60. The van der Waals surface area contributed by atoms with E-state index in [9.17, 15) is 2.74 Å². The lowest BCUT2D eigenvalue weighted by atomic mass is 9.67. The minimum atomic E-state index is -0.646. The molecule has 75 heavy (non-hydrogen) atoms. The third-order valence-corrected chi connectivity index (χ3v) is 15.2. The highest BCUT2D eigenvalue weighted by Gasteiger charge is 2.46. The fraction of sp³-hybridized carbons (Fsp3) is 0.0143. The first-order valence-electron chi connectivity index (χ1n) is 27.7. The Labute approximate surface area is 441 Å². The molecule has 0 spiro atoms. The molecule has 15 rings (SSSR count). The summed E-state index contributed by atoms with van der Waals surface area (Å²) >= 11 is 0. The lowest BCUT2D eigenvalue weighted by molar-refractivity contribution is 0.768. The van der Waals surface area contributed by atoms with E-state index < -0.39 is 23.5 Å². The molecule has 0 saturated heterocycles. The average molecular weight is 961 g/mol. The maximum Gasteiger partial charge on any atom is 0.238 e. The van der Waals surface area contributed by atoms with E-state index in [0.29, 0.717) is 28.7 Å². The van der Waals surface area contributed by atoms with Crippen LogP contribution < -0.4 is 0 Å². The van der Waals surface area contributed by atoms with Gasteiger partial charge < -0.3 is 4.57 Å². The Hall–Kier alpha value is -9.97. The van der Waals surface area contributed by atoms with E-state index in [4.69, 9.17) is 19.1 Å². The minimum Gasteiger partial charge on any atom is -0.307 e. The summed E-state index contributed by atoms with van der Waals surface area (Å²) in [7, 11) is 0. The second-order valence-electron chi connectivity index (χ2n) is 19.1. The van der Waals surface area contributed by atoms with Crippen LogP contribution in [0.5, 0.6) is 0 Å². The molecule has 3 aromatic heterocycles. The molecule has 1 aliphatic carbocycles. The lowest BCUT2D eigenvalue weighted by Crippen LogP contribution is -2.28. The van der Waals surface area contributed by atoms with Crippen molar-refractivity contribution in [3.63, 3.8) is 0 Å². The summed E-state index contributed by atoms with van der Waals surface area (Å²) in [6.07, 6.45) is 0. The van der Waals surface area contributed by atoms with Gasteiger partial charge in [-0.25, -0.2) is 4.98 Å². The summed E-state index contributed by atoms with van der Waals surface area (Å²) < 4.78 is 49.0. The van der Waals surface area contributed by atoms with E-state index in [1.54, 1.807) is 0 Å². The number of benzene rings is 11. The zero-order chi connectivity index (χ0) is 53.8. The molecule has 0 fully saturated rings. The normalized spacial score (nSPS) is 13.6. The molecule has 350 valence electrons. The predicted molar refractivity (Wildman–Crippen MR) is 308 cm³/mol. The van der Waals surface area contributed by atoms with E-state index in [2.05, 4.69) is 167 Å². The molecule has 0 saturated carbocycles. The summed E-state index contributed by atoms with van der Waals surface area (Å²) in [5.74, 6) is 1.46. The molecule has 5 nitrogen and oxygen atoms in total. The van der Waals surface area contributed by atoms with Gasteiger partial charge in [0.1, 0.15) is 0 Å². The summed E-state index contributed by atoms with van der Waals surface area (Å²) in [5.41, 5.74) is 14.6. The van der Waals surface area contributed by atoms with Crippen LogP contribution in [0.4, 0.5) is 0 Å². The zero-order valence-corrected chi connectivity index (χ0v) is 40.3. The maximum atomic E-state index is 9.25. The fourth-order valence-electron chi connectivity index (χ4n) is 12.1. The standard InChI is InChI=1S/C70H45N5/c1-5-23-46(24-6-1)52-37-22-42-63(64(52)47-25-7-2-8-26-47)74-61-40-19-15-35-55(61)57-43-44-58-56-36-16-20-41-62(56)75(66(58)65(57)74)69-72-67(48-27-9-3-10-28-48)71-68(73-69)49-29-21-32-51(45-49)70(50-30-11-4-12-31-50)59-38-17-13-33-53(59)54-34-14-18-39-60(54)70/h1-45H/i1D,5D,6D,23D,24D. The van der Waals surface area contributed by atoms with Crippen LogP contribution in [0.15, 0.2) is 273 Å². The van der Waals surface area contributed by atoms with E-state index in [1.807, 2.05) is 84.9 Å². The van der Waals surface area contributed by atoms with E-state index in [1.165, 1.54) is 22.3 Å². The molecule has 0 amide bonds. The van der Waals surface area contributed by atoms with Gasteiger partial charge in [0, 0.05) is 38.2 Å². The number of para-hydroxylation sites is 2. The number of rotatable bonds is 8. The SMILES string of the molecule is [2H]c1c([2H])c([2H])c(-c2cccc(-n3c4ccccc4c4ccc5c6ccccc6n(-c6nc(-c7ccccc7)nc(-c7cccc(C8(c9ccccc9)c9ccccc9-c9ccccc98)c7)n6)c5c43)c2-c2ccccc2)c([2H])c1[2H]. The fourth-order valence-corrected chi connectivity index (χ4v) is 12.1. The Morgan fingerprint density at radius 2 is 0.840 bits per heavy atom. The highest BCUT2D eigenvalue weighted by molar-refractivity contribution is 6.24. The van der Waals surface area contributed by atoms with Gasteiger partial charge in [0.25, 0.3) is 0 Å².